The van der Waals surface area contributed by atoms with Crippen LogP contribution in [0.2, 0.25) is 0 Å². The Morgan fingerprint density at radius 1 is 1.21 bits per heavy atom. The van der Waals surface area contributed by atoms with Crippen LogP contribution in [-0.4, -0.2) is 30.8 Å². The minimum absolute atomic E-state index is 0.241. The number of halogens is 1. The van der Waals surface area contributed by atoms with Gasteiger partial charge < -0.3 is 4.90 Å². The lowest BCUT2D eigenvalue weighted by Gasteiger charge is -2.17. The van der Waals surface area contributed by atoms with E-state index < -0.39 is 0 Å². The van der Waals surface area contributed by atoms with Gasteiger partial charge in [0.1, 0.15) is 0 Å². The van der Waals surface area contributed by atoms with Gasteiger partial charge in [0, 0.05) is 16.5 Å². The van der Waals surface area contributed by atoms with Gasteiger partial charge in [-0.2, -0.15) is 0 Å². The summed E-state index contributed by atoms with van der Waals surface area (Å²) in [4.78, 5) is 14.3. The van der Waals surface area contributed by atoms with Gasteiger partial charge in [-0.3, -0.25) is 4.79 Å². The van der Waals surface area contributed by atoms with Gasteiger partial charge in [-0.1, -0.05) is 41.9 Å². The molecule has 0 radical (unpaired) electrons. The van der Waals surface area contributed by atoms with E-state index in [2.05, 4.69) is 41.7 Å². The Bertz CT molecular complexity index is 386. The van der Waals surface area contributed by atoms with Crippen molar-refractivity contribution in [2.45, 2.75) is 33.1 Å². The molecule has 0 bridgehead atoms. The van der Waals surface area contributed by atoms with Crippen LogP contribution in [0.3, 0.4) is 0 Å². The zero-order valence-electron chi connectivity index (χ0n) is 12.2. The summed E-state index contributed by atoms with van der Waals surface area (Å²) in [5.74, 6) is 0.983. The zero-order chi connectivity index (χ0) is 14.3. The lowest BCUT2D eigenvalue weighted by molar-refractivity contribution is 0.0976. The van der Waals surface area contributed by atoms with Crippen molar-refractivity contribution >= 4 is 21.7 Å². The maximum absolute atomic E-state index is 12.0. The molecule has 0 aromatic heterocycles. The topological polar surface area (TPSA) is 20.3 Å². The van der Waals surface area contributed by atoms with E-state index in [1.54, 1.807) is 0 Å². The van der Waals surface area contributed by atoms with E-state index in [4.69, 9.17) is 0 Å². The van der Waals surface area contributed by atoms with E-state index in [1.807, 2.05) is 24.3 Å². The fourth-order valence-electron chi connectivity index (χ4n) is 1.88. The van der Waals surface area contributed by atoms with E-state index >= 15 is 0 Å². The average Bonchev–Trinajstić information content (AvgIpc) is 2.37. The van der Waals surface area contributed by atoms with Crippen LogP contribution >= 0.6 is 15.9 Å². The molecule has 0 unspecified atom stereocenters. The largest absolute Gasteiger partial charge is 0.306 e. The van der Waals surface area contributed by atoms with Crippen LogP contribution in [0.4, 0.5) is 0 Å². The van der Waals surface area contributed by atoms with E-state index in [1.165, 1.54) is 6.42 Å². The summed E-state index contributed by atoms with van der Waals surface area (Å²) in [6.45, 7) is 6.59. The van der Waals surface area contributed by atoms with Gasteiger partial charge in [-0.05, 0) is 51.0 Å². The SMILES string of the molecule is CC(C)CCN(C)CCCC(=O)c1ccc(Br)cc1. The molecule has 0 atom stereocenters. The molecule has 19 heavy (non-hydrogen) atoms. The monoisotopic (exact) mass is 325 g/mol. The zero-order valence-corrected chi connectivity index (χ0v) is 13.7. The average molecular weight is 326 g/mol. The lowest BCUT2D eigenvalue weighted by atomic mass is 10.1. The van der Waals surface area contributed by atoms with Gasteiger partial charge in [0.05, 0.1) is 0 Å². The number of Topliss-reactive ketones (excluding diaryl/α,β-unsaturated/α-hetero) is 1. The van der Waals surface area contributed by atoms with Gasteiger partial charge in [-0.15, -0.1) is 0 Å². The summed E-state index contributed by atoms with van der Waals surface area (Å²) >= 11 is 3.38. The van der Waals surface area contributed by atoms with Crippen molar-refractivity contribution < 1.29 is 4.79 Å². The first-order valence-corrected chi connectivity index (χ1v) is 7.75. The molecule has 0 fully saturated rings. The highest BCUT2D eigenvalue weighted by atomic mass is 79.9. The Kier molecular flexibility index (Phi) is 7.32. The molecule has 0 saturated heterocycles. The van der Waals surface area contributed by atoms with Crippen LogP contribution in [0.15, 0.2) is 28.7 Å². The number of carbonyl (C=O) groups is 1. The van der Waals surface area contributed by atoms with Crippen molar-refractivity contribution in [3.05, 3.63) is 34.3 Å². The normalized spacial score (nSPS) is 11.3. The van der Waals surface area contributed by atoms with Crippen LogP contribution in [0.5, 0.6) is 0 Å². The molecular weight excluding hydrogens is 302 g/mol. The highest BCUT2D eigenvalue weighted by Gasteiger charge is 2.06. The fourth-order valence-corrected chi connectivity index (χ4v) is 2.14. The van der Waals surface area contributed by atoms with Gasteiger partial charge in [-0.25, -0.2) is 0 Å². The Morgan fingerprint density at radius 2 is 1.84 bits per heavy atom. The first-order chi connectivity index (χ1) is 8.99. The number of benzene rings is 1. The second-order valence-electron chi connectivity index (χ2n) is 5.52. The second-order valence-corrected chi connectivity index (χ2v) is 6.44. The summed E-state index contributed by atoms with van der Waals surface area (Å²) < 4.78 is 1.01. The van der Waals surface area contributed by atoms with Gasteiger partial charge in [0.25, 0.3) is 0 Å². The van der Waals surface area contributed by atoms with Crippen molar-refractivity contribution in [2.24, 2.45) is 5.92 Å². The van der Waals surface area contributed by atoms with Crippen molar-refractivity contribution in [3.8, 4) is 0 Å². The maximum Gasteiger partial charge on any atom is 0.162 e. The number of hydrogen-bond donors (Lipinski definition) is 0. The van der Waals surface area contributed by atoms with Crippen molar-refractivity contribution in [2.75, 3.05) is 20.1 Å². The molecule has 1 rings (SSSR count). The predicted octanol–water partition coefficient (Wildman–Crippen LogP) is 4.39. The molecule has 0 heterocycles. The van der Waals surface area contributed by atoms with Crippen LogP contribution < -0.4 is 0 Å². The highest BCUT2D eigenvalue weighted by molar-refractivity contribution is 9.10. The molecule has 0 saturated carbocycles. The van der Waals surface area contributed by atoms with Crippen LogP contribution in [0.25, 0.3) is 0 Å². The third-order valence-electron chi connectivity index (χ3n) is 3.20. The lowest BCUT2D eigenvalue weighted by Crippen LogP contribution is -2.22. The Balaban J connectivity index is 2.25. The van der Waals surface area contributed by atoms with Crippen molar-refractivity contribution in [1.29, 1.82) is 0 Å². The number of carbonyl (C=O) groups excluding carboxylic acids is 1. The second kappa shape index (κ2) is 8.49. The molecular formula is C16H24BrNO. The third-order valence-corrected chi connectivity index (χ3v) is 3.73. The van der Waals surface area contributed by atoms with E-state index in [0.717, 1.165) is 35.5 Å². The summed E-state index contributed by atoms with van der Waals surface area (Å²) in [5, 5.41) is 0. The quantitative estimate of drug-likeness (QED) is 0.660. The summed E-state index contributed by atoms with van der Waals surface area (Å²) in [6.07, 6.45) is 2.79. The summed E-state index contributed by atoms with van der Waals surface area (Å²) in [7, 11) is 2.13. The minimum Gasteiger partial charge on any atom is -0.306 e. The molecule has 0 spiro atoms. The summed E-state index contributed by atoms with van der Waals surface area (Å²) in [5.41, 5.74) is 0.813. The molecule has 0 N–H and O–H groups in total. The molecule has 0 aliphatic carbocycles. The predicted molar refractivity (Wildman–Crippen MR) is 84.7 cm³/mol. The minimum atomic E-state index is 0.241. The van der Waals surface area contributed by atoms with E-state index in [-0.39, 0.29) is 5.78 Å². The first-order valence-electron chi connectivity index (χ1n) is 6.96. The molecule has 0 aliphatic rings. The summed E-state index contributed by atoms with van der Waals surface area (Å²) in [6, 6.07) is 7.60. The van der Waals surface area contributed by atoms with Crippen LogP contribution in [-0.2, 0) is 0 Å². The van der Waals surface area contributed by atoms with E-state index in [0.29, 0.717) is 6.42 Å². The highest BCUT2D eigenvalue weighted by Crippen LogP contribution is 2.12. The number of rotatable bonds is 8. The molecule has 1 aromatic rings. The Labute approximate surface area is 125 Å². The van der Waals surface area contributed by atoms with Crippen LogP contribution in [0.1, 0.15) is 43.5 Å². The van der Waals surface area contributed by atoms with Crippen molar-refractivity contribution in [1.82, 2.24) is 4.90 Å². The molecule has 3 heteroatoms. The van der Waals surface area contributed by atoms with Crippen LogP contribution in [0, 0.1) is 5.92 Å². The maximum atomic E-state index is 12.0. The standard InChI is InChI=1S/C16H24BrNO/c1-13(2)10-12-18(3)11-4-5-16(19)14-6-8-15(17)9-7-14/h6-9,13H,4-5,10-12H2,1-3H3. The van der Waals surface area contributed by atoms with Crippen molar-refractivity contribution in [3.63, 3.8) is 0 Å². The Hall–Kier alpha value is -0.670. The van der Waals surface area contributed by atoms with Gasteiger partial charge in [0.2, 0.25) is 0 Å². The Morgan fingerprint density at radius 3 is 2.42 bits per heavy atom. The molecule has 0 aliphatic heterocycles. The molecule has 2 nitrogen and oxygen atoms in total. The number of ketones is 1. The first kappa shape index (κ1) is 16.4. The third kappa shape index (κ3) is 6.88. The number of hydrogen-bond acceptors (Lipinski definition) is 2. The number of nitrogens with zero attached hydrogens (tertiary/aromatic N) is 1. The smallest absolute Gasteiger partial charge is 0.162 e. The van der Waals surface area contributed by atoms with E-state index in [9.17, 15) is 4.79 Å². The molecule has 106 valence electrons. The molecule has 0 amide bonds. The molecule has 1 aromatic carbocycles. The fraction of sp³-hybridized carbons (Fsp3) is 0.562. The van der Waals surface area contributed by atoms with Gasteiger partial charge in [0.15, 0.2) is 5.78 Å². The van der Waals surface area contributed by atoms with Gasteiger partial charge >= 0.3 is 0 Å².